The van der Waals surface area contributed by atoms with E-state index < -0.39 is 0 Å². The fourth-order valence-corrected chi connectivity index (χ4v) is 4.82. The molecule has 2 aromatic heterocycles. The van der Waals surface area contributed by atoms with Gasteiger partial charge in [0.15, 0.2) is 5.13 Å². The van der Waals surface area contributed by atoms with Gasteiger partial charge >= 0.3 is 0 Å². The average Bonchev–Trinajstić information content (AvgIpc) is 3.56. The molecular formula is C27H43N5S. The smallest absolute Gasteiger partial charge is 0.188 e. The van der Waals surface area contributed by atoms with Crippen molar-refractivity contribution in [3.05, 3.63) is 60.8 Å². The third-order valence-electron chi connectivity index (χ3n) is 5.39. The zero-order valence-electron chi connectivity index (χ0n) is 21.7. The molecular weight excluding hydrogens is 426 g/mol. The van der Waals surface area contributed by atoms with Crippen LogP contribution in [0.5, 0.6) is 0 Å². The third-order valence-corrected chi connectivity index (χ3v) is 6.34. The van der Waals surface area contributed by atoms with Gasteiger partial charge in [-0.05, 0) is 30.5 Å². The average molecular weight is 470 g/mol. The maximum Gasteiger partial charge on any atom is 0.188 e. The van der Waals surface area contributed by atoms with Crippen LogP contribution in [0.3, 0.4) is 0 Å². The number of nitrogens with one attached hydrogen (secondary N) is 1. The van der Waals surface area contributed by atoms with Gasteiger partial charge in [-0.1, -0.05) is 104 Å². The molecule has 182 valence electrons. The Bertz CT molecular complexity index is 905. The van der Waals surface area contributed by atoms with E-state index in [1.807, 2.05) is 58.6 Å². The van der Waals surface area contributed by atoms with E-state index in [-0.39, 0.29) is 0 Å². The second-order valence-electron chi connectivity index (χ2n) is 6.97. The van der Waals surface area contributed by atoms with Crippen molar-refractivity contribution in [3.63, 3.8) is 0 Å². The van der Waals surface area contributed by atoms with Gasteiger partial charge in [0.25, 0.3) is 0 Å². The summed E-state index contributed by atoms with van der Waals surface area (Å²) in [5.41, 5.74) is 2.16. The molecule has 5 nitrogen and oxygen atoms in total. The minimum Gasteiger partial charge on any atom is -0.332 e. The van der Waals surface area contributed by atoms with E-state index in [0.29, 0.717) is 17.9 Å². The van der Waals surface area contributed by atoms with Crippen LogP contribution in [0, 0.1) is 11.8 Å². The lowest BCUT2D eigenvalue weighted by Crippen LogP contribution is -2.27. The Morgan fingerprint density at radius 1 is 1.06 bits per heavy atom. The SMILES string of the molecule is CC.CC.CC.CCC(CC)C(C1C=CC(Nc2nc3ccccc3s2)=CC1)n1cncn1. The lowest BCUT2D eigenvalue weighted by molar-refractivity contribution is 0.228. The van der Waals surface area contributed by atoms with Crippen molar-refractivity contribution in [1.82, 2.24) is 19.7 Å². The van der Waals surface area contributed by atoms with Gasteiger partial charge in [-0.25, -0.2) is 14.6 Å². The molecule has 0 saturated heterocycles. The summed E-state index contributed by atoms with van der Waals surface area (Å²) in [5.74, 6) is 1.02. The van der Waals surface area contributed by atoms with Gasteiger partial charge in [-0.2, -0.15) is 5.10 Å². The zero-order chi connectivity index (χ0) is 24.6. The normalized spacial score (nSPS) is 15.3. The molecule has 0 bridgehead atoms. The monoisotopic (exact) mass is 469 g/mol. The molecule has 6 heteroatoms. The molecule has 3 aromatic rings. The molecule has 0 saturated carbocycles. The quantitative estimate of drug-likeness (QED) is 0.377. The van der Waals surface area contributed by atoms with Crippen molar-refractivity contribution in [2.24, 2.45) is 11.8 Å². The van der Waals surface area contributed by atoms with Crippen molar-refractivity contribution in [1.29, 1.82) is 0 Å². The molecule has 1 aliphatic rings. The Balaban J connectivity index is 0.000000841. The highest BCUT2D eigenvalue weighted by Crippen LogP contribution is 2.36. The molecule has 1 aliphatic carbocycles. The number of rotatable bonds is 7. The lowest BCUT2D eigenvalue weighted by atomic mass is 9.81. The topological polar surface area (TPSA) is 55.6 Å². The maximum absolute atomic E-state index is 4.67. The molecule has 2 atom stereocenters. The van der Waals surface area contributed by atoms with E-state index in [9.17, 15) is 0 Å². The Hall–Kier alpha value is -2.47. The number of hydrogen-bond donors (Lipinski definition) is 1. The highest BCUT2D eigenvalue weighted by molar-refractivity contribution is 7.22. The number of anilines is 1. The molecule has 1 N–H and O–H groups in total. The summed E-state index contributed by atoms with van der Waals surface area (Å²) in [4.78, 5) is 8.84. The van der Waals surface area contributed by atoms with Crippen molar-refractivity contribution < 1.29 is 0 Å². The maximum atomic E-state index is 4.67. The van der Waals surface area contributed by atoms with E-state index in [1.165, 1.54) is 4.70 Å². The number of aromatic nitrogens is 4. The van der Waals surface area contributed by atoms with Crippen LogP contribution in [-0.4, -0.2) is 19.7 Å². The van der Waals surface area contributed by atoms with Crippen LogP contribution in [0.4, 0.5) is 5.13 Å². The molecule has 0 spiro atoms. The number of thiazole rings is 1. The predicted octanol–water partition coefficient (Wildman–Crippen LogP) is 8.52. The number of benzene rings is 1. The Labute approximate surface area is 205 Å². The van der Waals surface area contributed by atoms with Gasteiger partial charge in [0, 0.05) is 11.6 Å². The molecule has 0 amide bonds. The molecule has 0 radical (unpaired) electrons. The van der Waals surface area contributed by atoms with Gasteiger partial charge < -0.3 is 5.32 Å². The van der Waals surface area contributed by atoms with Crippen molar-refractivity contribution >= 4 is 26.7 Å². The van der Waals surface area contributed by atoms with Gasteiger partial charge in [-0.15, -0.1) is 0 Å². The molecule has 33 heavy (non-hydrogen) atoms. The number of allylic oxidation sites excluding steroid dienone is 3. The van der Waals surface area contributed by atoms with E-state index in [4.69, 9.17) is 0 Å². The summed E-state index contributed by atoms with van der Waals surface area (Å²) in [6, 6.07) is 8.59. The largest absolute Gasteiger partial charge is 0.332 e. The van der Waals surface area contributed by atoms with E-state index in [2.05, 4.69) is 70.7 Å². The third kappa shape index (κ3) is 7.81. The van der Waals surface area contributed by atoms with Crippen molar-refractivity contribution in [3.8, 4) is 0 Å². The summed E-state index contributed by atoms with van der Waals surface area (Å²) in [6.45, 7) is 16.5. The summed E-state index contributed by atoms with van der Waals surface area (Å²) >= 11 is 1.69. The first-order chi connectivity index (χ1) is 16.3. The standard InChI is InChI=1S/C21H25N5S.3C2H6/c1-3-15(4-2)20(26-14-22-13-23-26)16-9-11-17(12-10-16)24-21-25-18-7-5-6-8-19(18)27-21;3*1-2/h5-9,11-16,20H,3-4,10H2,1-2H3,(H,24,25);3*1-2H3. The van der Waals surface area contributed by atoms with Crippen LogP contribution in [0.2, 0.25) is 0 Å². The molecule has 0 aliphatic heterocycles. The number of hydrogen-bond acceptors (Lipinski definition) is 5. The van der Waals surface area contributed by atoms with Gasteiger partial charge in [0.1, 0.15) is 12.7 Å². The molecule has 4 rings (SSSR count). The Kier molecular flexibility index (Phi) is 14.0. The second-order valence-corrected chi connectivity index (χ2v) is 8.00. The zero-order valence-corrected chi connectivity index (χ0v) is 22.6. The lowest BCUT2D eigenvalue weighted by Gasteiger charge is -2.32. The van der Waals surface area contributed by atoms with Crippen LogP contribution in [-0.2, 0) is 0 Å². The molecule has 2 unspecified atom stereocenters. The first-order valence-corrected chi connectivity index (χ1v) is 13.4. The van der Waals surface area contributed by atoms with E-state index in [1.54, 1.807) is 17.7 Å². The van der Waals surface area contributed by atoms with Crippen LogP contribution in [0.1, 0.15) is 80.7 Å². The van der Waals surface area contributed by atoms with Crippen molar-refractivity contribution in [2.75, 3.05) is 5.32 Å². The van der Waals surface area contributed by atoms with Gasteiger partial charge in [0.2, 0.25) is 0 Å². The van der Waals surface area contributed by atoms with Crippen LogP contribution in [0.25, 0.3) is 10.2 Å². The minimum atomic E-state index is 0.346. The number of nitrogens with zero attached hydrogens (tertiary/aromatic N) is 4. The van der Waals surface area contributed by atoms with Gasteiger partial charge in [0.05, 0.1) is 16.3 Å². The number of para-hydroxylation sites is 1. The fraction of sp³-hybridized carbons (Fsp3) is 0.519. The van der Waals surface area contributed by atoms with E-state index >= 15 is 0 Å². The molecule has 1 aromatic carbocycles. The van der Waals surface area contributed by atoms with Crippen LogP contribution in [0.15, 0.2) is 60.8 Å². The number of fused-ring (bicyclic) bond motifs is 1. The molecule has 0 fully saturated rings. The molecule has 2 heterocycles. The Morgan fingerprint density at radius 3 is 2.30 bits per heavy atom. The summed E-state index contributed by atoms with van der Waals surface area (Å²) < 4.78 is 3.25. The first kappa shape index (κ1) is 28.6. The summed E-state index contributed by atoms with van der Waals surface area (Å²) in [6.07, 6.45) is 13.6. The Morgan fingerprint density at radius 2 is 1.76 bits per heavy atom. The summed E-state index contributed by atoms with van der Waals surface area (Å²) in [5, 5.41) is 8.86. The second kappa shape index (κ2) is 16.2. The van der Waals surface area contributed by atoms with Crippen LogP contribution >= 0.6 is 11.3 Å². The first-order valence-electron chi connectivity index (χ1n) is 12.6. The van der Waals surface area contributed by atoms with E-state index in [0.717, 1.165) is 35.6 Å². The van der Waals surface area contributed by atoms with Crippen molar-refractivity contribution in [2.45, 2.75) is 80.7 Å². The summed E-state index contributed by atoms with van der Waals surface area (Å²) in [7, 11) is 0. The predicted molar refractivity (Wildman–Crippen MR) is 146 cm³/mol. The minimum absolute atomic E-state index is 0.346. The fourth-order valence-electron chi connectivity index (χ4n) is 3.94. The highest BCUT2D eigenvalue weighted by Gasteiger charge is 2.29. The van der Waals surface area contributed by atoms with Gasteiger partial charge in [-0.3, -0.25) is 0 Å². The van der Waals surface area contributed by atoms with Crippen LogP contribution < -0.4 is 5.32 Å². The highest BCUT2D eigenvalue weighted by atomic mass is 32.1.